The molecule has 0 aliphatic carbocycles. The number of piperidine rings is 1. The van der Waals surface area contributed by atoms with Crippen molar-refractivity contribution in [1.29, 1.82) is 0 Å². The van der Waals surface area contributed by atoms with E-state index in [0.29, 0.717) is 35.9 Å². The van der Waals surface area contributed by atoms with Crippen LogP contribution in [0.3, 0.4) is 0 Å². The number of hydrogen-bond donors (Lipinski definition) is 3. The number of aromatic nitrogens is 2. The number of alkyl carbamates (subject to hydrolysis) is 1. The van der Waals surface area contributed by atoms with Crippen LogP contribution in [-0.2, 0) is 15.7 Å². The van der Waals surface area contributed by atoms with Gasteiger partial charge in [-0.3, -0.25) is 9.59 Å². The molecule has 1 aliphatic heterocycles. The third-order valence-corrected chi connectivity index (χ3v) is 7.31. The van der Waals surface area contributed by atoms with E-state index in [1.807, 2.05) is 0 Å². The Kier molecular flexibility index (Phi) is 9.73. The molecule has 5 rings (SSSR count). The van der Waals surface area contributed by atoms with Crippen molar-refractivity contribution >= 4 is 45.9 Å². The van der Waals surface area contributed by atoms with Crippen molar-refractivity contribution in [2.75, 3.05) is 28.6 Å². The van der Waals surface area contributed by atoms with Crippen LogP contribution in [0.2, 0.25) is 0 Å². The van der Waals surface area contributed by atoms with Crippen molar-refractivity contribution in [3.05, 3.63) is 78.1 Å². The standard InChI is InChI=1S/C34H35F3N6O5/c1-20(44)40-29-17-30(39-19-38-29)47-24-11-12-25-21(15-24)7-5-9-26(25)31(45)41-22-10-13-28(27(16-22)34(35,36)37)43-14-6-8-23(18-43)42-32(46)48-33(2,3)4/h5,7,9-13,15-17,19,23H,6,8,14,18H2,1-4H3,(H,41,45)(H,42,46)(H,38,39,40,44)/t23-/m1/s1. The molecule has 3 amide bonds. The van der Waals surface area contributed by atoms with Crippen molar-refractivity contribution in [3.8, 4) is 11.6 Å². The minimum Gasteiger partial charge on any atom is -0.444 e. The molecule has 48 heavy (non-hydrogen) atoms. The molecule has 0 bridgehead atoms. The average molecular weight is 665 g/mol. The minimum absolute atomic E-state index is 0.0211. The summed E-state index contributed by atoms with van der Waals surface area (Å²) in [6.07, 6.45) is -2.91. The fraction of sp³-hybridized carbons (Fsp3) is 0.324. The fourth-order valence-electron chi connectivity index (χ4n) is 5.39. The number of benzene rings is 3. The first-order valence-corrected chi connectivity index (χ1v) is 15.2. The quantitative estimate of drug-likeness (QED) is 0.190. The van der Waals surface area contributed by atoms with Crippen LogP contribution in [0.1, 0.15) is 56.5 Å². The Balaban J connectivity index is 1.32. The highest BCUT2D eigenvalue weighted by molar-refractivity contribution is 6.13. The summed E-state index contributed by atoms with van der Waals surface area (Å²) in [7, 11) is 0. The third kappa shape index (κ3) is 8.69. The molecular formula is C34H35F3N6O5. The van der Waals surface area contributed by atoms with Crippen molar-refractivity contribution in [3.63, 3.8) is 0 Å². The van der Waals surface area contributed by atoms with Gasteiger partial charge in [0, 0.05) is 49.1 Å². The zero-order chi connectivity index (χ0) is 34.6. The monoisotopic (exact) mass is 664 g/mol. The van der Waals surface area contributed by atoms with Gasteiger partial charge in [-0.15, -0.1) is 0 Å². The lowest BCUT2D eigenvalue weighted by molar-refractivity contribution is -0.137. The zero-order valence-electron chi connectivity index (χ0n) is 26.8. The highest BCUT2D eigenvalue weighted by atomic mass is 19.4. The summed E-state index contributed by atoms with van der Waals surface area (Å²) in [5.41, 5.74) is -1.41. The van der Waals surface area contributed by atoms with Crippen LogP contribution in [0.5, 0.6) is 11.6 Å². The first-order valence-electron chi connectivity index (χ1n) is 15.2. The molecule has 0 spiro atoms. The number of fused-ring (bicyclic) bond motifs is 1. The van der Waals surface area contributed by atoms with E-state index in [9.17, 15) is 27.6 Å². The van der Waals surface area contributed by atoms with E-state index in [2.05, 4.69) is 25.9 Å². The SMILES string of the molecule is CC(=O)Nc1cc(Oc2ccc3c(C(=O)Nc4ccc(N5CCC[C@@H](NC(=O)OC(C)(C)C)C5)c(C(F)(F)F)c4)cccc3c2)ncn1. The number of hydrogen-bond acceptors (Lipinski definition) is 8. The fourth-order valence-corrected chi connectivity index (χ4v) is 5.39. The lowest BCUT2D eigenvalue weighted by atomic mass is 10.0. The van der Waals surface area contributed by atoms with Crippen LogP contribution in [0, 0.1) is 0 Å². The average Bonchev–Trinajstić information content (AvgIpc) is 2.99. The Morgan fingerprint density at radius 1 is 0.958 bits per heavy atom. The Hall–Kier alpha value is -5.40. The summed E-state index contributed by atoms with van der Waals surface area (Å²) in [5.74, 6) is -0.0363. The number of nitrogens with zero attached hydrogens (tertiary/aromatic N) is 3. The Bertz CT molecular complexity index is 1840. The van der Waals surface area contributed by atoms with E-state index >= 15 is 0 Å². The molecular weight excluding hydrogens is 629 g/mol. The minimum atomic E-state index is -4.70. The first-order chi connectivity index (χ1) is 22.6. The Labute approximate surface area is 274 Å². The van der Waals surface area contributed by atoms with Gasteiger partial charge in [0.1, 0.15) is 23.5 Å². The van der Waals surface area contributed by atoms with Crippen LogP contribution in [0.25, 0.3) is 10.8 Å². The van der Waals surface area contributed by atoms with E-state index < -0.39 is 35.4 Å². The summed E-state index contributed by atoms with van der Waals surface area (Å²) >= 11 is 0. The van der Waals surface area contributed by atoms with E-state index in [-0.39, 0.29) is 41.1 Å². The number of carbonyl (C=O) groups is 3. The number of carbonyl (C=O) groups excluding carboxylic acids is 3. The van der Waals surface area contributed by atoms with Crippen LogP contribution in [0.4, 0.5) is 35.2 Å². The van der Waals surface area contributed by atoms with Crippen molar-refractivity contribution < 1.29 is 37.0 Å². The predicted octanol–water partition coefficient (Wildman–Crippen LogP) is 7.15. The summed E-state index contributed by atoms with van der Waals surface area (Å²) < 4.78 is 54.2. The summed E-state index contributed by atoms with van der Waals surface area (Å²) in [5, 5.41) is 9.11. The lowest BCUT2D eigenvalue weighted by Gasteiger charge is -2.36. The molecule has 14 heteroatoms. The summed E-state index contributed by atoms with van der Waals surface area (Å²) in [4.78, 5) is 46.6. The molecule has 2 heterocycles. The molecule has 252 valence electrons. The molecule has 4 aromatic rings. The molecule has 1 aromatic heterocycles. The molecule has 1 aliphatic rings. The lowest BCUT2D eigenvalue weighted by Crippen LogP contribution is -2.49. The molecule has 0 unspecified atom stereocenters. The van der Waals surface area contributed by atoms with Crippen LogP contribution >= 0.6 is 0 Å². The summed E-state index contributed by atoms with van der Waals surface area (Å²) in [6.45, 7) is 7.09. The van der Waals surface area contributed by atoms with Crippen molar-refractivity contribution in [2.24, 2.45) is 0 Å². The molecule has 1 fully saturated rings. The molecule has 1 saturated heterocycles. The van der Waals surface area contributed by atoms with E-state index in [4.69, 9.17) is 9.47 Å². The maximum absolute atomic E-state index is 14.3. The number of amides is 3. The molecule has 3 aromatic carbocycles. The van der Waals surface area contributed by atoms with Gasteiger partial charge < -0.3 is 30.3 Å². The van der Waals surface area contributed by atoms with Crippen molar-refractivity contribution in [1.82, 2.24) is 15.3 Å². The molecule has 0 radical (unpaired) electrons. The third-order valence-electron chi connectivity index (χ3n) is 7.31. The number of anilines is 3. The first kappa shape index (κ1) is 33.9. The van der Waals surface area contributed by atoms with Crippen molar-refractivity contribution in [2.45, 2.75) is 58.4 Å². The Morgan fingerprint density at radius 2 is 1.75 bits per heavy atom. The van der Waals surface area contributed by atoms with Gasteiger partial charge in [-0.05, 0) is 86.8 Å². The van der Waals surface area contributed by atoms with Gasteiger partial charge in [-0.1, -0.05) is 12.1 Å². The number of alkyl halides is 3. The smallest absolute Gasteiger partial charge is 0.418 e. The molecule has 1 atom stereocenters. The predicted molar refractivity (Wildman–Crippen MR) is 174 cm³/mol. The van der Waals surface area contributed by atoms with Crippen LogP contribution < -0.4 is 25.6 Å². The molecule has 11 nitrogen and oxygen atoms in total. The topological polar surface area (TPSA) is 135 Å². The summed E-state index contributed by atoms with van der Waals surface area (Å²) in [6, 6.07) is 14.7. The van der Waals surface area contributed by atoms with E-state index in [0.717, 1.165) is 6.07 Å². The van der Waals surface area contributed by atoms with Gasteiger partial charge in [0.15, 0.2) is 0 Å². The van der Waals surface area contributed by atoms with Gasteiger partial charge in [-0.2, -0.15) is 13.2 Å². The van der Waals surface area contributed by atoms with Gasteiger partial charge in [0.25, 0.3) is 5.91 Å². The number of halogens is 3. The Morgan fingerprint density at radius 3 is 2.48 bits per heavy atom. The molecule has 3 N–H and O–H groups in total. The maximum Gasteiger partial charge on any atom is 0.418 e. The largest absolute Gasteiger partial charge is 0.444 e. The maximum atomic E-state index is 14.3. The van der Waals surface area contributed by atoms with E-state index in [1.54, 1.807) is 62.1 Å². The second kappa shape index (κ2) is 13.8. The highest BCUT2D eigenvalue weighted by Crippen LogP contribution is 2.39. The second-order valence-corrected chi connectivity index (χ2v) is 12.3. The van der Waals surface area contributed by atoms with Gasteiger partial charge >= 0.3 is 12.3 Å². The van der Waals surface area contributed by atoms with Crippen LogP contribution in [-0.4, -0.2) is 52.6 Å². The van der Waals surface area contributed by atoms with Gasteiger partial charge in [0.2, 0.25) is 11.8 Å². The second-order valence-electron chi connectivity index (χ2n) is 12.3. The number of rotatable bonds is 7. The van der Waals surface area contributed by atoms with Gasteiger partial charge in [-0.25, -0.2) is 14.8 Å². The number of nitrogens with one attached hydrogen (secondary N) is 3. The normalized spacial score (nSPS) is 15.1. The highest BCUT2D eigenvalue weighted by Gasteiger charge is 2.37. The van der Waals surface area contributed by atoms with E-state index in [1.165, 1.54) is 31.5 Å². The van der Waals surface area contributed by atoms with Gasteiger partial charge in [0.05, 0.1) is 5.56 Å². The van der Waals surface area contributed by atoms with Crippen LogP contribution in [0.15, 0.2) is 67.0 Å². The number of ether oxygens (including phenoxy) is 2. The molecule has 0 saturated carbocycles. The zero-order valence-corrected chi connectivity index (χ0v) is 26.8.